The summed E-state index contributed by atoms with van der Waals surface area (Å²) in [5, 5.41) is -0.457. The molecule has 3 heteroatoms. The Balaban J connectivity index is 2.73. The number of halogens is 1. The van der Waals surface area contributed by atoms with Gasteiger partial charge in [-0.1, -0.05) is 13.0 Å². The molecule has 0 saturated carbocycles. The first kappa shape index (κ1) is 10.1. The van der Waals surface area contributed by atoms with Gasteiger partial charge in [-0.05, 0) is 36.2 Å². The van der Waals surface area contributed by atoms with Crippen LogP contribution in [0.3, 0.4) is 0 Å². The largest absolute Gasteiger partial charge is 0.494 e. The fourth-order valence-electron chi connectivity index (χ4n) is 0.928. The molecular weight excluding hydrogens is 188 g/mol. The third kappa shape index (κ3) is 3.07. The predicted molar refractivity (Wildman–Crippen MR) is 52.4 cm³/mol. The normalized spacial score (nSPS) is 9.69. The first-order chi connectivity index (χ1) is 6.24. The van der Waals surface area contributed by atoms with Gasteiger partial charge in [-0.2, -0.15) is 0 Å². The highest BCUT2D eigenvalue weighted by molar-refractivity contribution is 6.67. The monoisotopic (exact) mass is 198 g/mol. The lowest BCUT2D eigenvalue weighted by molar-refractivity contribution is 0.108. The van der Waals surface area contributed by atoms with E-state index in [9.17, 15) is 4.79 Å². The Labute approximate surface area is 82.5 Å². The molecule has 0 aliphatic rings. The van der Waals surface area contributed by atoms with Crippen LogP contribution in [0.25, 0.3) is 0 Å². The van der Waals surface area contributed by atoms with Gasteiger partial charge in [0, 0.05) is 5.56 Å². The molecule has 1 aromatic rings. The van der Waals surface area contributed by atoms with Gasteiger partial charge in [-0.3, -0.25) is 4.79 Å². The molecule has 1 rings (SSSR count). The highest BCUT2D eigenvalue weighted by Gasteiger charge is 2.02. The summed E-state index contributed by atoms with van der Waals surface area (Å²) in [4.78, 5) is 10.8. The summed E-state index contributed by atoms with van der Waals surface area (Å²) >= 11 is 5.31. The van der Waals surface area contributed by atoms with Crippen molar-refractivity contribution in [2.24, 2.45) is 0 Å². The van der Waals surface area contributed by atoms with Crippen LogP contribution in [0.15, 0.2) is 24.3 Å². The van der Waals surface area contributed by atoms with Gasteiger partial charge in [0.1, 0.15) is 5.75 Å². The summed E-state index contributed by atoms with van der Waals surface area (Å²) in [6.45, 7) is 2.68. The molecule has 0 atom stereocenters. The van der Waals surface area contributed by atoms with Crippen molar-refractivity contribution in [3.8, 4) is 5.75 Å². The number of hydrogen-bond donors (Lipinski definition) is 0. The van der Waals surface area contributed by atoms with Gasteiger partial charge in [0.15, 0.2) is 0 Å². The summed E-state index contributed by atoms with van der Waals surface area (Å²) in [5.74, 6) is 0.688. The van der Waals surface area contributed by atoms with Crippen LogP contribution in [0.2, 0.25) is 0 Å². The Morgan fingerprint density at radius 2 is 2.31 bits per heavy atom. The van der Waals surface area contributed by atoms with Crippen LogP contribution in [0.4, 0.5) is 0 Å². The van der Waals surface area contributed by atoms with Gasteiger partial charge in [0.05, 0.1) is 6.61 Å². The molecule has 70 valence electrons. The molecular formula is C10H11ClO2. The van der Waals surface area contributed by atoms with Crippen molar-refractivity contribution in [1.82, 2.24) is 0 Å². The molecule has 0 aliphatic carbocycles. The van der Waals surface area contributed by atoms with E-state index in [4.69, 9.17) is 16.3 Å². The average Bonchev–Trinajstić information content (AvgIpc) is 2.15. The summed E-state index contributed by atoms with van der Waals surface area (Å²) < 4.78 is 5.34. The van der Waals surface area contributed by atoms with Gasteiger partial charge in [0.25, 0.3) is 5.24 Å². The SMILES string of the molecule is CCCOc1cccc(C(=O)Cl)c1. The molecule has 0 spiro atoms. The Morgan fingerprint density at radius 1 is 1.54 bits per heavy atom. The minimum atomic E-state index is -0.457. The molecule has 0 fully saturated rings. The zero-order chi connectivity index (χ0) is 9.68. The van der Waals surface area contributed by atoms with Gasteiger partial charge in [0.2, 0.25) is 0 Å². The smallest absolute Gasteiger partial charge is 0.252 e. The van der Waals surface area contributed by atoms with E-state index in [0.717, 1.165) is 6.42 Å². The van der Waals surface area contributed by atoms with Crippen LogP contribution in [0, 0.1) is 0 Å². The van der Waals surface area contributed by atoms with Crippen LogP contribution in [-0.2, 0) is 0 Å². The maximum atomic E-state index is 10.8. The highest BCUT2D eigenvalue weighted by atomic mass is 35.5. The van der Waals surface area contributed by atoms with Crippen LogP contribution in [0.1, 0.15) is 23.7 Å². The van der Waals surface area contributed by atoms with Crippen LogP contribution in [-0.4, -0.2) is 11.8 Å². The second-order valence-corrected chi connectivity index (χ2v) is 2.99. The average molecular weight is 199 g/mol. The van der Waals surface area contributed by atoms with E-state index in [-0.39, 0.29) is 0 Å². The zero-order valence-corrected chi connectivity index (χ0v) is 8.17. The van der Waals surface area contributed by atoms with Crippen molar-refractivity contribution in [2.45, 2.75) is 13.3 Å². The fourth-order valence-corrected chi connectivity index (χ4v) is 1.05. The van der Waals surface area contributed by atoms with Crippen molar-refractivity contribution >= 4 is 16.8 Å². The van der Waals surface area contributed by atoms with Gasteiger partial charge < -0.3 is 4.74 Å². The van der Waals surface area contributed by atoms with Gasteiger partial charge >= 0.3 is 0 Å². The molecule has 0 heterocycles. The Morgan fingerprint density at radius 3 is 2.92 bits per heavy atom. The van der Waals surface area contributed by atoms with E-state index in [1.807, 2.05) is 6.92 Å². The lowest BCUT2D eigenvalue weighted by Gasteiger charge is -2.04. The maximum Gasteiger partial charge on any atom is 0.252 e. The van der Waals surface area contributed by atoms with E-state index in [2.05, 4.69) is 0 Å². The Bertz CT molecular complexity index is 297. The molecule has 13 heavy (non-hydrogen) atoms. The quantitative estimate of drug-likeness (QED) is 0.696. The maximum absolute atomic E-state index is 10.8. The Hall–Kier alpha value is -1.02. The minimum Gasteiger partial charge on any atom is -0.494 e. The molecule has 1 aromatic carbocycles. The molecule has 0 unspecified atom stereocenters. The zero-order valence-electron chi connectivity index (χ0n) is 7.42. The predicted octanol–water partition coefficient (Wildman–Crippen LogP) is 2.85. The summed E-state index contributed by atoms with van der Waals surface area (Å²) in [6, 6.07) is 6.86. The third-order valence-corrected chi connectivity index (χ3v) is 1.75. The van der Waals surface area contributed by atoms with Crippen molar-refractivity contribution in [3.63, 3.8) is 0 Å². The summed E-state index contributed by atoms with van der Waals surface area (Å²) in [7, 11) is 0. The highest BCUT2D eigenvalue weighted by Crippen LogP contribution is 2.14. The first-order valence-corrected chi connectivity index (χ1v) is 4.54. The van der Waals surface area contributed by atoms with Gasteiger partial charge in [-0.15, -0.1) is 0 Å². The number of carbonyl (C=O) groups excluding carboxylic acids is 1. The molecule has 2 nitrogen and oxygen atoms in total. The van der Waals surface area contributed by atoms with E-state index < -0.39 is 5.24 Å². The topological polar surface area (TPSA) is 26.3 Å². The second kappa shape index (κ2) is 4.87. The standard InChI is InChI=1S/C10H11ClO2/c1-2-6-13-9-5-3-4-8(7-9)10(11)12/h3-5,7H,2,6H2,1H3. The first-order valence-electron chi connectivity index (χ1n) is 4.16. The van der Waals surface area contributed by atoms with E-state index in [0.29, 0.717) is 17.9 Å². The van der Waals surface area contributed by atoms with Crippen molar-refractivity contribution in [3.05, 3.63) is 29.8 Å². The van der Waals surface area contributed by atoms with Crippen LogP contribution in [0.5, 0.6) is 5.75 Å². The van der Waals surface area contributed by atoms with E-state index >= 15 is 0 Å². The van der Waals surface area contributed by atoms with E-state index in [1.54, 1.807) is 24.3 Å². The number of hydrogen-bond acceptors (Lipinski definition) is 2. The summed E-state index contributed by atoms with van der Waals surface area (Å²) in [5.41, 5.74) is 0.468. The summed E-state index contributed by atoms with van der Waals surface area (Å²) in [6.07, 6.45) is 0.944. The number of benzene rings is 1. The molecule has 0 N–H and O–H groups in total. The van der Waals surface area contributed by atoms with Crippen molar-refractivity contribution < 1.29 is 9.53 Å². The molecule has 0 amide bonds. The molecule has 0 radical (unpaired) electrons. The lowest BCUT2D eigenvalue weighted by atomic mass is 10.2. The van der Waals surface area contributed by atoms with Crippen molar-refractivity contribution in [2.75, 3.05) is 6.61 Å². The fraction of sp³-hybridized carbons (Fsp3) is 0.300. The van der Waals surface area contributed by atoms with Crippen LogP contribution < -0.4 is 4.74 Å². The molecule has 0 aliphatic heterocycles. The van der Waals surface area contributed by atoms with Crippen LogP contribution >= 0.6 is 11.6 Å². The molecule has 0 aromatic heterocycles. The Kier molecular flexibility index (Phi) is 3.77. The molecule has 0 bridgehead atoms. The second-order valence-electron chi connectivity index (χ2n) is 2.65. The third-order valence-electron chi connectivity index (χ3n) is 1.53. The number of rotatable bonds is 4. The minimum absolute atomic E-state index is 0.457. The number of ether oxygens (including phenoxy) is 1. The molecule has 0 saturated heterocycles. The van der Waals surface area contributed by atoms with E-state index in [1.165, 1.54) is 0 Å². The van der Waals surface area contributed by atoms with Gasteiger partial charge in [-0.25, -0.2) is 0 Å². The number of carbonyl (C=O) groups is 1. The van der Waals surface area contributed by atoms with Crippen molar-refractivity contribution in [1.29, 1.82) is 0 Å². The lowest BCUT2D eigenvalue weighted by Crippen LogP contribution is -1.96.